The van der Waals surface area contributed by atoms with Gasteiger partial charge in [-0.2, -0.15) is 0 Å². The average molecular weight is 1870 g/mol. The van der Waals surface area contributed by atoms with Crippen LogP contribution in [0.1, 0.15) is 384 Å². The summed E-state index contributed by atoms with van der Waals surface area (Å²) in [6.45, 7) is 71.3. The molecule has 18 rings (SSSR count). The number of nitrogens with one attached hydrogen (secondary N) is 1. The van der Waals surface area contributed by atoms with Crippen LogP contribution in [0.3, 0.4) is 0 Å². The van der Waals surface area contributed by atoms with Crippen LogP contribution in [0.15, 0.2) is 146 Å². The van der Waals surface area contributed by atoms with Crippen LogP contribution < -0.4 is 15.1 Å². The molecule has 2 saturated heterocycles. The van der Waals surface area contributed by atoms with Crippen molar-refractivity contribution in [2.45, 2.75) is 361 Å². The Morgan fingerprint density at radius 3 is 1.03 bits per heavy atom. The number of carbonyl (C=O) groups is 5. The maximum absolute atomic E-state index is 12.3. The van der Waals surface area contributed by atoms with Crippen LogP contribution in [0, 0.1) is 0 Å². The number of ether oxygens (including phenoxy) is 2. The molecule has 3 aromatic heterocycles. The fraction of sp³-hybridized carbons (Fsp3) is 0.560. The molecule has 3 aliphatic heterocycles. The van der Waals surface area contributed by atoms with Gasteiger partial charge >= 0.3 is 18.0 Å². The lowest BCUT2D eigenvalue weighted by Crippen LogP contribution is -2.50. The largest absolute Gasteiger partial charge is 0.466 e. The number of Topliss-reactive ketones (excluding diaryl/α,β-unsaturated/α-hetero) is 2. The van der Waals surface area contributed by atoms with Crippen molar-refractivity contribution in [1.29, 1.82) is 0 Å². The Labute approximate surface area is 816 Å². The molecule has 136 heavy (non-hydrogen) atoms. The quantitative estimate of drug-likeness (QED) is 0.0550. The molecule has 19 nitrogen and oxygen atoms in total. The lowest BCUT2D eigenvalue weighted by Gasteiger charge is -2.42. The van der Waals surface area contributed by atoms with Crippen molar-refractivity contribution in [3.05, 3.63) is 216 Å². The van der Waals surface area contributed by atoms with Gasteiger partial charge in [0.1, 0.15) is 29.1 Å². The number of esters is 1. The van der Waals surface area contributed by atoms with E-state index in [1.54, 1.807) is 24.8 Å². The molecule has 0 atom stereocenters. The SMILES string of the molecule is CC(=O)c1ccc2c(c1)C(C)(C)CCC2(C)C.CC(C)(C)OC(=O)N1CCN(c2cc(-c3ccc4c(c3)C(C)(C)CCC4(C)C)no2)CC1.CC1(C)CCC(C)(C)c2cc(-c3cc(Cl)on3)ccc21.CC1(C)CCC(C)(C)c2cc(-c3cc(N4CCNCC4)on3)ccc21.CC1(C)CCC(C)(C)c2cc(C3=NOC(=O)C3)ccc21.CCOC(=O)CC(=O)c1ccc2c(c1)C(C)(C)CCC2(C)C. The van der Waals surface area contributed by atoms with Crippen LogP contribution in [0.4, 0.5) is 16.6 Å². The minimum Gasteiger partial charge on any atom is -0.466 e. The van der Waals surface area contributed by atoms with E-state index in [9.17, 15) is 24.0 Å². The van der Waals surface area contributed by atoms with E-state index in [0.717, 1.165) is 101 Å². The first-order valence-corrected chi connectivity index (χ1v) is 50.2. The highest BCUT2D eigenvalue weighted by molar-refractivity contribution is 6.29. The summed E-state index contributed by atoms with van der Waals surface area (Å²) >= 11 is 5.83. The Morgan fingerprint density at radius 1 is 0.390 bits per heavy atom. The Balaban J connectivity index is 0.000000140. The third-order valence-electron chi connectivity index (χ3n) is 31.4. The number of piperazine rings is 2. The number of halogens is 1. The van der Waals surface area contributed by atoms with Gasteiger partial charge in [0.05, 0.1) is 18.7 Å². The topological polar surface area (TPSA) is 225 Å². The van der Waals surface area contributed by atoms with Crippen LogP contribution in [0.5, 0.6) is 0 Å². The summed E-state index contributed by atoms with van der Waals surface area (Å²) in [6.07, 6.45) is 14.1. The molecule has 6 heterocycles. The van der Waals surface area contributed by atoms with E-state index < -0.39 is 11.6 Å². The molecule has 2 fully saturated rings. The number of carbonyl (C=O) groups excluding carboxylic acids is 5. The Morgan fingerprint density at radius 2 is 0.699 bits per heavy atom. The van der Waals surface area contributed by atoms with Crippen LogP contribution >= 0.6 is 11.6 Å². The van der Waals surface area contributed by atoms with Crippen LogP contribution in [-0.4, -0.2) is 120 Å². The van der Waals surface area contributed by atoms with Crippen molar-refractivity contribution in [1.82, 2.24) is 25.7 Å². The predicted octanol–water partition coefficient (Wildman–Crippen LogP) is 27.3. The molecule has 6 aromatic carbocycles. The molecule has 0 unspecified atom stereocenters. The van der Waals surface area contributed by atoms with Crippen molar-refractivity contribution in [3.63, 3.8) is 0 Å². The molecule has 9 aliphatic rings. The molecule has 0 saturated carbocycles. The van der Waals surface area contributed by atoms with Gasteiger partial charge < -0.3 is 47.9 Å². The maximum atomic E-state index is 12.3. The number of benzene rings is 6. The van der Waals surface area contributed by atoms with Crippen molar-refractivity contribution in [2.24, 2.45) is 5.16 Å². The van der Waals surface area contributed by atoms with E-state index in [1.807, 2.05) is 45.0 Å². The second-order valence-corrected chi connectivity index (χ2v) is 49.0. The van der Waals surface area contributed by atoms with E-state index in [-0.39, 0.29) is 101 Å². The zero-order valence-electron chi connectivity index (χ0n) is 87.4. The average Bonchev–Trinajstić information content (AvgIpc) is 0.781. The number of oxime groups is 1. The third-order valence-corrected chi connectivity index (χ3v) is 31.6. The van der Waals surface area contributed by atoms with Gasteiger partial charge in [-0.25, -0.2) is 9.59 Å². The van der Waals surface area contributed by atoms with Gasteiger partial charge in [0, 0.05) is 104 Å². The Hall–Kier alpha value is -9.98. The molecule has 0 bridgehead atoms. The molecule has 732 valence electrons. The zero-order chi connectivity index (χ0) is 99.4. The molecular formula is C116H155ClN8O11. The van der Waals surface area contributed by atoms with E-state index in [0.29, 0.717) is 43.6 Å². The fourth-order valence-corrected chi connectivity index (χ4v) is 21.4. The van der Waals surface area contributed by atoms with E-state index >= 15 is 0 Å². The number of fused-ring (bicyclic) bond motifs is 6. The van der Waals surface area contributed by atoms with Gasteiger partial charge in [-0.05, 0) is 291 Å². The van der Waals surface area contributed by atoms with Crippen LogP contribution in [-0.2, 0) is 88.9 Å². The number of hydrogen-bond acceptors (Lipinski definition) is 18. The van der Waals surface area contributed by atoms with Crippen molar-refractivity contribution >= 4 is 58.7 Å². The molecule has 1 amide bonds. The summed E-state index contributed by atoms with van der Waals surface area (Å²) < 4.78 is 26.7. The summed E-state index contributed by atoms with van der Waals surface area (Å²) in [5, 5.41) is 20.3. The standard InChI is InChI=1S/C26H37N3O3.C21H29N3O.C19H26O3.C17H20ClNO.C17H21NO2.C16H22O/c1-24(2,3)31-23(30)29-14-12-28(13-15-29)22-17-21(27-32-22)18-8-9-19-20(16-18)26(6,7)11-10-25(19,4)5;1-20(2)7-8-21(3,4)17-13-15(5-6-16(17)20)18-14-19(25-23-18)24-11-9-22-10-12-24;1-6-22-17(21)12-16(20)13-7-8-14-15(11-13)19(4,5)10-9-18(14,2)3;1-16(2)7-8-17(3,4)13-9-11(5-6-12(13)16)14-10-15(18)20-19-14;1-16(2)7-8-17(3,4)13-9-11(5-6-12(13)16)14-10-15(19)20-18-14;1-11(17)12-6-7-13-14(10-12)16(4,5)9-8-15(13,2)3/h8-9,16-17H,10-15H2,1-7H3;5-6,13-14,22H,7-12H2,1-4H3;7-8,11H,6,9-10,12H2,1-5H3;5-6,9-10H,7-8H2,1-4H3;5-6,9H,7-8,10H2,1-4H3;6-7,10H,8-9H2,1-5H3. The summed E-state index contributed by atoms with van der Waals surface area (Å²) in [5.74, 6) is 0.907. The molecule has 6 aliphatic carbocycles. The highest BCUT2D eigenvalue weighted by Gasteiger charge is 2.45. The number of anilines is 2. The number of nitrogens with zero attached hydrogens (tertiary/aromatic N) is 7. The first kappa shape index (κ1) is 103. The van der Waals surface area contributed by atoms with E-state index in [2.05, 4.69) is 299 Å². The lowest BCUT2D eigenvalue weighted by molar-refractivity contribution is -0.142. The van der Waals surface area contributed by atoms with Gasteiger partial charge in [0.15, 0.2) is 11.6 Å². The fourth-order valence-electron chi connectivity index (χ4n) is 21.3. The smallest absolute Gasteiger partial charge is 0.410 e. The Kier molecular flexibility index (Phi) is 29.7. The number of aromatic nitrogens is 3. The normalized spacial score (nSPS) is 20.6. The summed E-state index contributed by atoms with van der Waals surface area (Å²) in [6, 6.07) is 44.7. The number of rotatable bonds is 11. The number of amides is 1. The van der Waals surface area contributed by atoms with Gasteiger partial charge in [0.2, 0.25) is 17.0 Å². The third kappa shape index (κ3) is 23.3. The number of hydrogen-bond donors (Lipinski definition) is 1. The molecular weight excluding hydrogens is 1720 g/mol. The van der Waals surface area contributed by atoms with E-state index in [4.69, 9.17) is 39.5 Å². The van der Waals surface area contributed by atoms with Crippen LogP contribution in [0.2, 0.25) is 5.22 Å². The molecule has 0 spiro atoms. The van der Waals surface area contributed by atoms with Crippen molar-refractivity contribution < 1.29 is 51.9 Å². The maximum Gasteiger partial charge on any atom is 0.410 e. The monoisotopic (exact) mass is 1870 g/mol. The zero-order valence-corrected chi connectivity index (χ0v) is 88.1. The minimum atomic E-state index is -0.479. The highest BCUT2D eigenvalue weighted by Crippen LogP contribution is 2.54. The van der Waals surface area contributed by atoms with Gasteiger partial charge in [0.25, 0.3) is 0 Å². The highest BCUT2D eigenvalue weighted by atomic mass is 35.5. The Bertz CT molecular complexity index is 5930. The van der Waals surface area contributed by atoms with E-state index in [1.165, 1.54) is 131 Å². The second kappa shape index (κ2) is 39.0. The van der Waals surface area contributed by atoms with Crippen LogP contribution in [0.25, 0.3) is 33.8 Å². The summed E-state index contributed by atoms with van der Waals surface area (Å²) in [7, 11) is 0. The molecule has 1 N–H and O–H groups in total. The molecule has 0 radical (unpaired) electrons. The van der Waals surface area contributed by atoms with Crippen molar-refractivity contribution in [2.75, 3.05) is 68.8 Å². The number of ketones is 2. The minimum absolute atomic E-state index is 0.0606. The predicted molar refractivity (Wildman–Crippen MR) is 550 cm³/mol. The van der Waals surface area contributed by atoms with Gasteiger partial charge in [-0.15, -0.1) is 0 Å². The first-order valence-electron chi connectivity index (χ1n) is 49.9. The van der Waals surface area contributed by atoms with Gasteiger partial charge in [-0.3, -0.25) is 14.4 Å². The molecule has 9 aromatic rings. The van der Waals surface area contributed by atoms with Crippen molar-refractivity contribution in [3.8, 4) is 33.8 Å². The second-order valence-electron chi connectivity index (χ2n) is 48.6. The first-order chi connectivity index (χ1) is 63.2. The molecule has 20 heteroatoms. The van der Waals surface area contributed by atoms with Gasteiger partial charge in [-0.1, -0.05) is 260 Å². The lowest BCUT2D eigenvalue weighted by atomic mass is 9.63. The summed E-state index contributed by atoms with van der Waals surface area (Å²) in [4.78, 5) is 69.7. The summed E-state index contributed by atoms with van der Waals surface area (Å²) in [5.41, 5.74) is 27.8.